The van der Waals surface area contributed by atoms with E-state index < -0.39 is 0 Å². The molecule has 2 rings (SSSR count). The van der Waals surface area contributed by atoms with Crippen molar-refractivity contribution in [1.29, 1.82) is 0 Å². The van der Waals surface area contributed by atoms with Gasteiger partial charge in [-0.05, 0) is 72.0 Å². The van der Waals surface area contributed by atoms with Crippen LogP contribution in [0.4, 0.5) is 11.4 Å². The van der Waals surface area contributed by atoms with Crippen molar-refractivity contribution in [2.75, 3.05) is 17.2 Å². The van der Waals surface area contributed by atoms with Gasteiger partial charge in [-0.2, -0.15) is 0 Å². The maximum atomic E-state index is 11.8. The monoisotopic (exact) mass is 394 g/mol. The van der Waals surface area contributed by atoms with Gasteiger partial charge in [0.15, 0.2) is 5.78 Å². The molecule has 0 radical (unpaired) electrons. The summed E-state index contributed by atoms with van der Waals surface area (Å²) in [6.45, 7) is 1.70. The van der Waals surface area contributed by atoms with Crippen molar-refractivity contribution < 1.29 is 9.59 Å². The predicted molar refractivity (Wildman–Crippen MR) is 92.7 cm³/mol. The molecule has 0 heterocycles. The minimum absolute atomic E-state index is 0.0259. The maximum Gasteiger partial charge on any atom is 0.243 e. The van der Waals surface area contributed by atoms with Gasteiger partial charge in [0.2, 0.25) is 5.91 Å². The second-order valence-electron chi connectivity index (χ2n) is 4.55. The summed E-state index contributed by atoms with van der Waals surface area (Å²) < 4.78 is 1.07. The van der Waals surface area contributed by atoms with Crippen LogP contribution in [0, 0.1) is 3.57 Å². The molecule has 2 N–H and O–H groups in total. The molecule has 0 saturated carbocycles. The molecule has 0 aliphatic heterocycles. The molecule has 2 aromatic rings. The Bertz CT molecular complexity index is 654. The fraction of sp³-hybridized carbons (Fsp3) is 0.125. The van der Waals surface area contributed by atoms with E-state index in [1.165, 1.54) is 6.92 Å². The summed E-state index contributed by atoms with van der Waals surface area (Å²) in [7, 11) is 0. The lowest BCUT2D eigenvalue weighted by atomic mass is 10.1. The van der Waals surface area contributed by atoms with E-state index in [-0.39, 0.29) is 18.2 Å². The summed E-state index contributed by atoms with van der Waals surface area (Å²) in [6.07, 6.45) is 0. The smallest absolute Gasteiger partial charge is 0.243 e. The molecule has 5 heteroatoms. The fourth-order valence-electron chi connectivity index (χ4n) is 1.78. The van der Waals surface area contributed by atoms with Crippen LogP contribution in [0.3, 0.4) is 0 Å². The van der Waals surface area contributed by atoms with Crippen LogP contribution in [-0.4, -0.2) is 18.2 Å². The van der Waals surface area contributed by atoms with Gasteiger partial charge in [-0.3, -0.25) is 9.59 Å². The highest BCUT2D eigenvalue weighted by atomic mass is 127. The Kier molecular flexibility index (Phi) is 5.32. The number of amides is 1. The third-order valence-corrected chi connectivity index (χ3v) is 3.52. The minimum atomic E-state index is -0.118. The average molecular weight is 394 g/mol. The first-order valence-corrected chi connectivity index (χ1v) is 7.53. The number of anilines is 2. The van der Waals surface area contributed by atoms with Crippen LogP contribution >= 0.6 is 22.6 Å². The van der Waals surface area contributed by atoms with Gasteiger partial charge in [-0.1, -0.05) is 6.07 Å². The third-order valence-electron chi connectivity index (χ3n) is 2.85. The Morgan fingerprint density at radius 1 is 1.05 bits per heavy atom. The summed E-state index contributed by atoms with van der Waals surface area (Å²) in [6, 6.07) is 14.7. The van der Waals surface area contributed by atoms with Gasteiger partial charge in [0.25, 0.3) is 0 Å². The van der Waals surface area contributed by atoms with Crippen molar-refractivity contribution in [3.05, 3.63) is 57.7 Å². The van der Waals surface area contributed by atoms with Gasteiger partial charge in [0.05, 0.1) is 6.54 Å². The van der Waals surface area contributed by atoms with Gasteiger partial charge in [0.1, 0.15) is 0 Å². The van der Waals surface area contributed by atoms with E-state index in [1.54, 1.807) is 24.3 Å². The van der Waals surface area contributed by atoms with Crippen molar-refractivity contribution >= 4 is 45.7 Å². The van der Waals surface area contributed by atoms with Gasteiger partial charge < -0.3 is 10.6 Å². The maximum absolute atomic E-state index is 11.8. The molecule has 0 atom stereocenters. The number of Topliss-reactive ketones (excluding diaryl/α,β-unsaturated/α-hetero) is 1. The Labute approximate surface area is 137 Å². The summed E-state index contributed by atoms with van der Waals surface area (Å²) in [5, 5.41) is 5.84. The zero-order valence-corrected chi connectivity index (χ0v) is 13.7. The fourth-order valence-corrected chi connectivity index (χ4v) is 2.32. The topological polar surface area (TPSA) is 58.2 Å². The molecule has 2 aromatic carbocycles. The lowest BCUT2D eigenvalue weighted by Gasteiger charge is -2.08. The van der Waals surface area contributed by atoms with Crippen LogP contribution < -0.4 is 10.6 Å². The quantitative estimate of drug-likeness (QED) is 0.603. The number of hydrogen-bond donors (Lipinski definition) is 2. The predicted octanol–water partition coefficient (Wildman–Crippen LogP) is 3.54. The zero-order chi connectivity index (χ0) is 15.2. The number of benzene rings is 2. The molecule has 4 nitrogen and oxygen atoms in total. The SMILES string of the molecule is CC(=O)c1ccc(NCC(=O)Nc2cccc(I)c2)cc1. The Hall–Kier alpha value is -1.89. The lowest BCUT2D eigenvalue weighted by Crippen LogP contribution is -2.21. The van der Waals surface area contributed by atoms with Crippen LogP contribution in [0.2, 0.25) is 0 Å². The highest BCUT2D eigenvalue weighted by molar-refractivity contribution is 14.1. The van der Waals surface area contributed by atoms with E-state index in [9.17, 15) is 9.59 Å². The first-order valence-electron chi connectivity index (χ1n) is 6.45. The van der Waals surface area contributed by atoms with Crippen molar-refractivity contribution in [3.8, 4) is 0 Å². The molecule has 108 valence electrons. The van der Waals surface area contributed by atoms with Crippen LogP contribution in [0.5, 0.6) is 0 Å². The molecule has 0 saturated heterocycles. The largest absolute Gasteiger partial charge is 0.376 e. The van der Waals surface area contributed by atoms with Gasteiger partial charge in [0, 0.05) is 20.5 Å². The van der Waals surface area contributed by atoms with Crippen LogP contribution in [0.25, 0.3) is 0 Å². The molecule has 0 fully saturated rings. The Morgan fingerprint density at radius 3 is 2.38 bits per heavy atom. The zero-order valence-electron chi connectivity index (χ0n) is 11.5. The minimum Gasteiger partial charge on any atom is -0.376 e. The van der Waals surface area contributed by atoms with E-state index in [4.69, 9.17) is 0 Å². The first kappa shape index (κ1) is 15.5. The van der Waals surface area contributed by atoms with E-state index >= 15 is 0 Å². The molecular formula is C16H15IN2O2. The van der Waals surface area contributed by atoms with E-state index in [2.05, 4.69) is 33.2 Å². The number of carbonyl (C=O) groups is 2. The first-order chi connectivity index (χ1) is 10.0. The number of rotatable bonds is 5. The van der Waals surface area contributed by atoms with E-state index in [1.807, 2.05) is 24.3 Å². The highest BCUT2D eigenvalue weighted by Crippen LogP contribution is 2.13. The second-order valence-corrected chi connectivity index (χ2v) is 5.79. The summed E-state index contributed by atoms with van der Waals surface area (Å²) >= 11 is 2.20. The van der Waals surface area contributed by atoms with Gasteiger partial charge >= 0.3 is 0 Å². The molecule has 0 aromatic heterocycles. The molecule has 0 spiro atoms. The molecule has 0 aliphatic carbocycles. The van der Waals surface area contributed by atoms with Crippen molar-refractivity contribution in [1.82, 2.24) is 0 Å². The highest BCUT2D eigenvalue weighted by Gasteiger charge is 2.03. The van der Waals surface area contributed by atoms with E-state index in [0.717, 1.165) is 14.9 Å². The average Bonchev–Trinajstić information content (AvgIpc) is 2.45. The van der Waals surface area contributed by atoms with Crippen molar-refractivity contribution in [2.45, 2.75) is 6.92 Å². The number of carbonyl (C=O) groups excluding carboxylic acids is 2. The molecule has 0 bridgehead atoms. The molecule has 21 heavy (non-hydrogen) atoms. The molecule has 0 aliphatic rings. The normalized spacial score (nSPS) is 10.0. The van der Waals surface area contributed by atoms with Gasteiger partial charge in [-0.25, -0.2) is 0 Å². The van der Waals surface area contributed by atoms with Gasteiger partial charge in [-0.15, -0.1) is 0 Å². The standard InChI is InChI=1S/C16H15IN2O2/c1-11(20)12-5-7-14(8-6-12)18-10-16(21)19-15-4-2-3-13(17)9-15/h2-9,18H,10H2,1H3,(H,19,21). The van der Waals surface area contributed by atoms with Crippen molar-refractivity contribution in [3.63, 3.8) is 0 Å². The summed E-state index contributed by atoms with van der Waals surface area (Å²) in [5.41, 5.74) is 2.24. The Balaban J connectivity index is 1.87. The number of nitrogens with one attached hydrogen (secondary N) is 2. The molecule has 0 unspecified atom stereocenters. The number of ketones is 1. The van der Waals surface area contributed by atoms with Crippen molar-refractivity contribution in [2.24, 2.45) is 0 Å². The molecular weight excluding hydrogens is 379 g/mol. The van der Waals surface area contributed by atoms with Crippen LogP contribution in [0.15, 0.2) is 48.5 Å². The number of hydrogen-bond acceptors (Lipinski definition) is 3. The summed E-state index contributed by atoms with van der Waals surface area (Å²) in [4.78, 5) is 23.0. The summed E-state index contributed by atoms with van der Waals surface area (Å²) in [5.74, 6) is -0.0920. The lowest BCUT2D eigenvalue weighted by molar-refractivity contribution is -0.114. The number of halogens is 1. The van der Waals surface area contributed by atoms with Crippen LogP contribution in [0.1, 0.15) is 17.3 Å². The van der Waals surface area contributed by atoms with E-state index in [0.29, 0.717) is 5.56 Å². The van der Waals surface area contributed by atoms with Crippen LogP contribution in [-0.2, 0) is 4.79 Å². The third kappa shape index (κ3) is 4.86. The molecule has 1 amide bonds. The second kappa shape index (κ2) is 7.21. The Morgan fingerprint density at radius 2 is 1.76 bits per heavy atom.